The van der Waals surface area contributed by atoms with Gasteiger partial charge >= 0.3 is 5.97 Å². The summed E-state index contributed by atoms with van der Waals surface area (Å²) < 4.78 is 17.7. The predicted octanol–water partition coefficient (Wildman–Crippen LogP) is 3.68. The number of carbonyl (C=O) groups is 1. The van der Waals surface area contributed by atoms with Crippen molar-refractivity contribution in [3.8, 4) is 5.69 Å². The molecule has 7 heteroatoms. The molecule has 1 N–H and O–H groups in total. The summed E-state index contributed by atoms with van der Waals surface area (Å²) in [4.78, 5) is 10.9. The first-order chi connectivity index (χ1) is 11.5. The van der Waals surface area contributed by atoms with Crippen molar-refractivity contribution in [2.45, 2.75) is 18.8 Å². The molecule has 0 aliphatic carbocycles. The van der Waals surface area contributed by atoms with Crippen LogP contribution in [0.3, 0.4) is 0 Å². The molecular weight excluding hydrogens is 378 g/mol. The van der Waals surface area contributed by atoms with Crippen LogP contribution in [0.5, 0.6) is 0 Å². The Morgan fingerprint density at radius 1 is 1.29 bits per heavy atom. The molecule has 6 nitrogen and oxygen atoms in total. The largest absolute Gasteiger partial charge is 0.478 e. The van der Waals surface area contributed by atoms with E-state index in [-0.39, 0.29) is 5.56 Å². The highest BCUT2D eigenvalue weighted by molar-refractivity contribution is 9.10. The first-order valence-electron chi connectivity index (χ1n) is 7.42. The second-order valence-corrected chi connectivity index (χ2v) is 5.96. The molecule has 1 saturated heterocycles. The van der Waals surface area contributed by atoms with Gasteiger partial charge < -0.3 is 23.9 Å². The van der Waals surface area contributed by atoms with Crippen molar-refractivity contribution < 1.29 is 24.1 Å². The molecule has 3 rings (SSSR count). The van der Waals surface area contributed by atoms with Crippen molar-refractivity contribution in [1.82, 2.24) is 4.57 Å². The zero-order valence-corrected chi connectivity index (χ0v) is 15.2. The number of halogens is 1. The maximum Gasteiger partial charge on any atom is 0.336 e. The van der Waals surface area contributed by atoms with E-state index in [1.165, 1.54) is 0 Å². The fourth-order valence-corrected chi connectivity index (χ4v) is 2.75. The van der Waals surface area contributed by atoms with Crippen LogP contribution in [0.2, 0.25) is 0 Å². The van der Waals surface area contributed by atoms with Crippen LogP contribution in [-0.2, 0) is 14.2 Å². The van der Waals surface area contributed by atoms with E-state index in [0.717, 1.165) is 25.1 Å². The molecule has 1 aliphatic heterocycles. The molecule has 24 heavy (non-hydrogen) atoms. The first-order valence-corrected chi connectivity index (χ1v) is 8.21. The minimum Gasteiger partial charge on any atom is -0.478 e. The molecule has 2 heterocycles. The van der Waals surface area contributed by atoms with E-state index < -0.39 is 11.9 Å². The number of rotatable bonds is 4. The van der Waals surface area contributed by atoms with Gasteiger partial charge in [-0.1, -0.05) is 0 Å². The SMILES string of the molecule is COC1(OC)CCCO1.O=C(O)c1cc(-n2cccc2)ccc1Br. The van der Waals surface area contributed by atoms with Crippen molar-refractivity contribution in [3.05, 3.63) is 52.8 Å². The van der Waals surface area contributed by atoms with E-state index in [9.17, 15) is 4.79 Å². The number of aromatic carboxylic acids is 1. The van der Waals surface area contributed by atoms with Gasteiger partial charge in [-0.05, 0) is 52.7 Å². The van der Waals surface area contributed by atoms with Gasteiger partial charge in [-0.25, -0.2) is 4.79 Å². The van der Waals surface area contributed by atoms with Crippen LogP contribution in [0.1, 0.15) is 23.2 Å². The van der Waals surface area contributed by atoms with Crippen LogP contribution < -0.4 is 0 Å². The summed E-state index contributed by atoms with van der Waals surface area (Å²) in [6, 6.07) is 9.01. The van der Waals surface area contributed by atoms with E-state index in [4.69, 9.17) is 19.3 Å². The van der Waals surface area contributed by atoms with Crippen molar-refractivity contribution in [2.75, 3.05) is 20.8 Å². The van der Waals surface area contributed by atoms with Crippen molar-refractivity contribution in [2.24, 2.45) is 0 Å². The van der Waals surface area contributed by atoms with Gasteiger partial charge in [-0.2, -0.15) is 0 Å². The number of methoxy groups -OCH3 is 2. The lowest BCUT2D eigenvalue weighted by molar-refractivity contribution is -0.340. The minimum atomic E-state index is -0.934. The van der Waals surface area contributed by atoms with E-state index >= 15 is 0 Å². The Kier molecular flexibility index (Phi) is 6.56. The number of carboxylic acids is 1. The third-order valence-corrected chi connectivity index (χ3v) is 4.35. The normalized spacial score (nSPS) is 15.6. The maximum absolute atomic E-state index is 10.9. The third kappa shape index (κ3) is 4.45. The minimum absolute atomic E-state index is 0.265. The summed E-state index contributed by atoms with van der Waals surface area (Å²) in [5, 5.41) is 8.95. The van der Waals surface area contributed by atoms with Gasteiger partial charge in [0.2, 0.25) is 0 Å². The van der Waals surface area contributed by atoms with Crippen molar-refractivity contribution >= 4 is 21.9 Å². The maximum atomic E-state index is 10.9. The average Bonchev–Trinajstić information content (AvgIpc) is 3.28. The third-order valence-electron chi connectivity index (χ3n) is 3.65. The summed E-state index contributed by atoms with van der Waals surface area (Å²) in [5.41, 5.74) is 1.10. The van der Waals surface area contributed by atoms with Gasteiger partial charge in [-0.3, -0.25) is 0 Å². The summed E-state index contributed by atoms with van der Waals surface area (Å²) in [6.07, 6.45) is 5.59. The molecular formula is C17H20BrNO5. The molecule has 0 saturated carbocycles. The monoisotopic (exact) mass is 397 g/mol. The first kappa shape index (κ1) is 18.7. The number of benzene rings is 1. The Balaban J connectivity index is 0.000000198. The zero-order chi connectivity index (χ0) is 17.6. The number of hydrogen-bond donors (Lipinski definition) is 1. The fraction of sp³-hybridized carbons (Fsp3) is 0.353. The van der Waals surface area contributed by atoms with Crippen LogP contribution in [0.25, 0.3) is 5.69 Å². The van der Waals surface area contributed by atoms with Gasteiger partial charge in [0, 0.05) is 43.2 Å². The van der Waals surface area contributed by atoms with Crippen molar-refractivity contribution in [3.63, 3.8) is 0 Å². The molecule has 0 spiro atoms. The van der Waals surface area contributed by atoms with Crippen LogP contribution in [-0.4, -0.2) is 42.4 Å². The fourth-order valence-electron chi connectivity index (χ4n) is 2.34. The lowest BCUT2D eigenvalue weighted by Gasteiger charge is -2.23. The van der Waals surface area contributed by atoms with Crippen LogP contribution in [0.4, 0.5) is 0 Å². The van der Waals surface area contributed by atoms with Crippen LogP contribution >= 0.6 is 15.9 Å². The second kappa shape index (κ2) is 8.43. The van der Waals surface area contributed by atoms with Gasteiger partial charge in [-0.15, -0.1) is 0 Å². The Hall–Kier alpha value is -1.67. The molecule has 0 amide bonds. The number of hydrogen-bond acceptors (Lipinski definition) is 4. The molecule has 1 aromatic carbocycles. The van der Waals surface area contributed by atoms with E-state index in [0.29, 0.717) is 4.47 Å². The smallest absolute Gasteiger partial charge is 0.336 e. The van der Waals surface area contributed by atoms with E-state index in [1.54, 1.807) is 26.4 Å². The highest BCUT2D eigenvalue weighted by atomic mass is 79.9. The Bertz CT molecular complexity index is 660. The Morgan fingerprint density at radius 3 is 2.42 bits per heavy atom. The quantitative estimate of drug-likeness (QED) is 0.796. The van der Waals surface area contributed by atoms with Crippen LogP contribution in [0.15, 0.2) is 47.2 Å². The standard InChI is InChI=1S/C11H8BrNO2.C6H12O3/c12-10-4-3-8(7-9(10)11(14)15)13-5-1-2-6-13;1-7-6(8-2)4-3-5-9-6/h1-7H,(H,14,15);3-5H2,1-2H3. The van der Waals surface area contributed by atoms with Crippen LogP contribution in [0, 0.1) is 0 Å². The van der Waals surface area contributed by atoms with Gasteiger partial charge in [0.1, 0.15) is 0 Å². The Morgan fingerprint density at radius 2 is 1.96 bits per heavy atom. The number of aromatic nitrogens is 1. The second-order valence-electron chi connectivity index (χ2n) is 5.10. The Labute approximate surface area is 149 Å². The number of ether oxygens (including phenoxy) is 3. The van der Waals surface area contributed by atoms with Gasteiger partial charge in [0.05, 0.1) is 12.2 Å². The molecule has 1 aromatic heterocycles. The van der Waals surface area contributed by atoms with Gasteiger partial charge in [0.25, 0.3) is 5.97 Å². The summed E-state index contributed by atoms with van der Waals surface area (Å²) in [5.74, 6) is -1.66. The summed E-state index contributed by atoms with van der Waals surface area (Å²) >= 11 is 3.20. The summed E-state index contributed by atoms with van der Waals surface area (Å²) in [6.45, 7) is 0.738. The van der Waals surface area contributed by atoms with E-state index in [1.807, 2.05) is 35.2 Å². The topological polar surface area (TPSA) is 69.9 Å². The van der Waals surface area contributed by atoms with Gasteiger partial charge in [0.15, 0.2) is 0 Å². The average molecular weight is 398 g/mol. The molecule has 0 atom stereocenters. The highest BCUT2D eigenvalue weighted by Gasteiger charge is 2.34. The molecule has 0 unspecified atom stereocenters. The zero-order valence-electron chi connectivity index (χ0n) is 13.6. The lowest BCUT2D eigenvalue weighted by Crippen LogP contribution is -2.31. The predicted molar refractivity (Wildman–Crippen MR) is 92.4 cm³/mol. The number of carboxylic acid groups (broad SMARTS) is 1. The van der Waals surface area contributed by atoms with E-state index in [2.05, 4.69) is 15.9 Å². The van der Waals surface area contributed by atoms with Crippen molar-refractivity contribution in [1.29, 1.82) is 0 Å². The molecule has 0 radical (unpaired) electrons. The molecule has 1 aliphatic rings. The highest BCUT2D eigenvalue weighted by Crippen LogP contribution is 2.26. The molecule has 130 valence electrons. The lowest BCUT2D eigenvalue weighted by atomic mass is 10.2. The molecule has 2 aromatic rings. The molecule has 1 fully saturated rings. The summed E-state index contributed by atoms with van der Waals surface area (Å²) in [7, 11) is 3.18. The molecule has 0 bridgehead atoms. The number of nitrogens with zero attached hydrogens (tertiary/aromatic N) is 1.